The van der Waals surface area contributed by atoms with Gasteiger partial charge in [-0.25, -0.2) is 0 Å². The number of halogens is 1. The van der Waals surface area contributed by atoms with Gasteiger partial charge in [0.2, 0.25) is 0 Å². The van der Waals surface area contributed by atoms with Crippen LogP contribution in [-0.2, 0) is 4.79 Å². The predicted octanol–water partition coefficient (Wildman–Crippen LogP) is 5.07. The molecule has 136 valence electrons. The highest BCUT2D eigenvalue weighted by atomic mass is 35.5. The summed E-state index contributed by atoms with van der Waals surface area (Å²) in [5, 5.41) is 13.0. The largest absolute Gasteiger partial charge is 0.480 e. The highest BCUT2D eigenvalue weighted by molar-refractivity contribution is 5.85. The zero-order chi connectivity index (χ0) is 17.6. The maximum atomic E-state index is 11.8. The van der Waals surface area contributed by atoms with Crippen molar-refractivity contribution in [2.24, 2.45) is 5.41 Å². The maximum Gasteiger partial charge on any atom is 0.320 e. The number of rotatable bonds is 7. The summed E-state index contributed by atoms with van der Waals surface area (Å²) < 4.78 is 0. The van der Waals surface area contributed by atoms with E-state index in [4.69, 9.17) is 0 Å². The molecule has 0 saturated carbocycles. The summed E-state index contributed by atoms with van der Waals surface area (Å²) in [6.45, 7) is 6.41. The first kappa shape index (κ1) is 21.2. The van der Waals surface area contributed by atoms with Gasteiger partial charge in [-0.2, -0.15) is 0 Å². The monoisotopic (exact) mass is 361 g/mol. The topological polar surface area (TPSA) is 49.3 Å². The van der Waals surface area contributed by atoms with E-state index in [-0.39, 0.29) is 23.9 Å². The van der Waals surface area contributed by atoms with E-state index in [0.717, 1.165) is 17.5 Å². The number of carboxylic acids is 1. The Kier molecular flexibility index (Phi) is 8.14. The summed E-state index contributed by atoms with van der Waals surface area (Å²) in [5.74, 6) is -0.795. The van der Waals surface area contributed by atoms with Crippen molar-refractivity contribution >= 4 is 18.4 Å². The second-order valence-electron chi connectivity index (χ2n) is 7.41. The molecule has 2 rings (SSSR count). The van der Waals surface area contributed by atoms with E-state index in [0.29, 0.717) is 6.42 Å². The van der Waals surface area contributed by atoms with Gasteiger partial charge in [-0.1, -0.05) is 81.4 Å². The number of nitrogens with one attached hydrogen (secondary N) is 1. The molecule has 0 unspecified atom stereocenters. The van der Waals surface area contributed by atoms with Crippen LogP contribution in [0.15, 0.2) is 60.7 Å². The zero-order valence-corrected chi connectivity index (χ0v) is 15.9. The number of benzene rings is 2. The van der Waals surface area contributed by atoms with Crippen LogP contribution in [0.5, 0.6) is 0 Å². The van der Waals surface area contributed by atoms with Crippen LogP contribution in [0.3, 0.4) is 0 Å². The molecular weight excluding hydrogens is 334 g/mol. The van der Waals surface area contributed by atoms with E-state index in [9.17, 15) is 9.90 Å². The Hall–Kier alpha value is -1.84. The molecule has 3 nitrogen and oxygen atoms in total. The Bertz CT molecular complexity index is 598. The molecule has 0 radical (unpaired) electrons. The van der Waals surface area contributed by atoms with Crippen LogP contribution in [0.2, 0.25) is 0 Å². The van der Waals surface area contributed by atoms with Crippen LogP contribution < -0.4 is 5.32 Å². The van der Waals surface area contributed by atoms with Gasteiger partial charge >= 0.3 is 5.97 Å². The molecular formula is C21H28ClNO2. The Balaban J connectivity index is 0.00000312. The summed E-state index contributed by atoms with van der Waals surface area (Å²) in [5.41, 5.74) is 2.26. The van der Waals surface area contributed by atoms with Crippen molar-refractivity contribution in [2.45, 2.75) is 45.7 Å². The average molecular weight is 362 g/mol. The van der Waals surface area contributed by atoms with Crippen LogP contribution in [0, 0.1) is 5.41 Å². The van der Waals surface area contributed by atoms with E-state index >= 15 is 0 Å². The van der Waals surface area contributed by atoms with E-state index in [1.165, 1.54) is 0 Å². The van der Waals surface area contributed by atoms with Crippen molar-refractivity contribution in [1.82, 2.24) is 5.32 Å². The molecule has 0 heterocycles. The molecule has 2 aromatic carbocycles. The standard InChI is InChI=1S/C21H27NO2.ClH/c1-21(2,3)15-14-18(20(23)24)22-19(16-10-6-4-7-11-16)17-12-8-5-9-13-17;/h4-13,18-19,22H,14-15H2,1-3H3,(H,23,24);1H/t18-;/m0./s1. The molecule has 0 bridgehead atoms. The lowest BCUT2D eigenvalue weighted by Crippen LogP contribution is -2.40. The third kappa shape index (κ3) is 6.89. The molecule has 0 aliphatic rings. The molecule has 0 spiro atoms. The van der Waals surface area contributed by atoms with Gasteiger partial charge in [-0.05, 0) is 29.4 Å². The predicted molar refractivity (Wildman–Crippen MR) is 105 cm³/mol. The Morgan fingerprint density at radius 1 is 0.960 bits per heavy atom. The molecule has 2 aromatic rings. The Morgan fingerprint density at radius 3 is 1.76 bits per heavy atom. The van der Waals surface area contributed by atoms with E-state index in [1.807, 2.05) is 60.7 Å². The second-order valence-corrected chi connectivity index (χ2v) is 7.41. The molecule has 0 saturated heterocycles. The number of aliphatic carboxylic acids is 1. The van der Waals surface area contributed by atoms with E-state index in [2.05, 4.69) is 26.1 Å². The third-order valence-corrected chi connectivity index (χ3v) is 4.11. The first-order valence-corrected chi connectivity index (χ1v) is 8.45. The first-order chi connectivity index (χ1) is 11.4. The highest BCUT2D eigenvalue weighted by Crippen LogP contribution is 2.26. The Morgan fingerprint density at radius 2 is 1.40 bits per heavy atom. The van der Waals surface area contributed by atoms with Gasteiger partial charge < -0.3 is 5.11 Å². The highest BCUT2D eigenvalue weighted by Gasteiger charge is 2.25. The fourth-order valence-electron chi connectivity index (χ4n) is 2.73. The number of hydrogen-bond donors (Lipinski definition) is 2. The van der Waals surface area contributed by atoms with Crippen molar-refractivity contribution in [1.29, 1.82) is 0 Å². The quantitative estimate of drug-likeness (QED) is 0.724. The number of hydrogen-bond acceptors (Lipinski definition) is 2. The van der Waals surface area contributed by atoms with Gasteiger partial charge in [-0.15, -0.1) is 12.4 Å². The average Bonchev–Trinajstić information content (AvgIpc) is 2.55. The van der Waals surface area contributed by atoms with Crippen molar-refractivity contribution < 1.29 is 9.90 Å². The number of carboxylic acid groups (broad SMARTS) is 1. The van der Waals surface area contributed by atoms with Crippen LogP contribution in [-0.4, -0.2) is 17.1 Å². The van der Waals surface area contributed by atoms with E-state index < -0.39 is 12.0 Å². The lowest BCUT2D eigenvalue weighted by Gasteiger charge is -2.26. The summed E-state index contributed by atoms with van der Waals surface area (Å²) in [4.78, 5) is 11.8. The van der Waals surface area contributed by atoms with Gasteiger partial charge in [0.05, 0.1) is 6.04 Å². The molecule has 0 fully saturated rings. The van der Waals surface area contributed by atoms with Crippen LogP contribution in [0.1, 0.15) is 50.8 Å². The van der Waals surface area contributed by atoms with Gasteiger partial charge in [0.25, 0.3) is 0 Å². The molecule has 0 aliphatic carbocycles. The molecule has 2 N–H and O–H groups in total. The fraction of sp³-hybridized carbons (Fsp3) is 0.381. The minimum Gasteiger partial charge on any atom is -0.480 e. The van der Waals surface area contributed by atoms with Crippen molar-refractivity contribution in [3.8, 4) is 0 Å². The number of carbonyl (C=O) groups is 1. The van der Waals surface area contributed by atoms with Crippen molar-refractivity contribution in [3.63, 3.8) is 0 Å². The van der Waals surface area contributed by atoms with Crippen LogP contribution in [0.4, 0.5) is 0 Å². The van der Waals surface area contributed by atoms with Gasteiger partial charge in [-0.3, -0.25) is 10.1 Å². The van der Waals surface area contributed by atoms with Crippen molar-refractivity contribution in [3.05, 3.63) is 71.8 Å². The lowest BCUT2D eigenvalue weighted by molar-refractivity contribution is -0.140. The third-order valence-electron chi connectivity index (χ3n) is 4.11. The molecule has 4 heteroatoms. The molecule has 1 atom stereocenters. The summed E-state index contributed by atoms with van der Waals surface area (Å²) in [6, 6.07) is 19.3. The Labute approximate surface area is 156 Å². The van der Waals surface area contributed by atoms with E-state index in [1.54, 1.807) is 0 Å². The summed E-state index contributed by atoms with van der Waals surface area (Å²) in [6.07, 6.45) is 1.46. The molecule has 25 heavy (non-hydrogen) atoms. The SMILES string of the molecule is CC(C)(C)CC[C@H](NC(c1ccccc1)c1ccccc1)C(=O)O.Cl. The summed E-state index contributed by atoms with van der Waals surface area (Å²) >= 11 is 0. The maximum absolute atomic E-state index is 11.8. The van der Waals surface area contributed by atoms with Gasteiger partial charge in [0.15, 0.2) is 0 Å². The normalized spacial score (nSPS) is 12.5. The van der Waals surface area contributed by atoms with Gasteiger partial charge in [0.1, 0.15) is 6.04 Å². The first-order valence-electron chi connectivity index (χ1n) is 8.45. The minimum absolute atomic E-state index is 0. The molecule has 0 aromatic heterocycles. The lowest BCUT2D eigenvalue weighted by atomic mass is 9.88. The fourth-order valence-corrected chi connectivity index (χ4v) is 2.73. The van der Waals surface area contributed by atoms with Crippen molar-refractivity contribution in [2.75, 3.05) is 0 Å². The van der Waals surface area contributed by atoms with Crippen LogP contribution >= 0.6 is 12.4 Å². The van der Waals surface area contributed by atoms with Gasteiger partial charge in [0, 0.05) is 0 Å². The molecule has 0 aliphatic heterocycles. The minimum atomic E-state index is -0.795. The second kappa shape index (κ2) is 9.59. The zero-order valence-electron chi connectivity index (χ0n) is 15.1. The smallest absolute Gasteiger partial charge is 0.320 e. The molecule has 0 amide bonds. The van der Waals surface area contributed by atoms with Crippen LogP contribution in [0.25, 0.3) is 0 Å². The summed E-state index contributed by atoms with van der Waals surface area (Å²) in [7, 11) is 0.